The minimum atomic E-state index is -4.27. The second-order valence-corrected chi connectivity index (χ2v) is 19.7. The number of ether oxygens (including phenoxy) is 2. The number of phosphoric ester groups is 1. The molecule has 0 spiro atoms. The monoisotopic (exact) mass is 845 g/mol. The van der Waals surface area contributed by atoms with E-state index < -0.39 is 13.9 Å². The van der Waals surface area contributed by atoms with Gasteiger partial charge in [0.25, 0.3) is 0 Å². The highest BCUT2D eigenvalue weighted by Gasteiger charge is 2.26. The highest BCUT2D eigenvalue weighted by Crippen LogP contribution is 2.43. The number of quaternary nitrogens is 1. The molecule has 0 heterocycles. The standard InChI is InChI=1S/C49H98NO7P/c1-6-8-10-12-14-16-18-20-22-23-24-25-26-27-28-30-32-34-36-38-40-42-49(51)57-48(47-56-58(52,53)55-45-43-50(3,4)5)46-54-44-41-39-37-35-33-31-29-21-19-17-15-13-11-9-7-2/h19,21,48H,6-18,20,22-47H2,1-5H3/p+1/b21-19-. The largest absolute Gasteiger partial charge is 0.472 e. The molecule has 0 aliphatic heterocycles. The average molecular weight is 845 g/mol. The Morgan fingerprint density at radius 2 is 0.897 bits per heavy atom. The van der Waals surface area contributed by atoms with Gasteiger partial charge in [0.15, 0.2) is 0 Å². The maximum absolute atomic E-state index is 12.7. The molecule has 0 bridgehead atoms. The molecule has 0 amide bonds. The fourth-order valence-electron chi connectivity index (χ4n) is 7.20. The van der Waals surface area contributed by atoms with Gasteiger partial charge in [0.05, 0.1) is 34.4 Å². The maximum atomic E-state index is 12.7. The Balaban J connectivity index is 4.11. The lowest BCUT2D eigenvalue weighted by Gasteiger charge is -2.24. The van der Waals surface area contributed by atoms with Crippen molar-refractivity contribution in [3.8, 4) is 0 Å². The van der Waals surface area contributed by atoms with Gasteiger partial charge >= 0.3 is 13.8 Å². The lowest BCUT2D eigenvalue weighted by atomic mass is 10.0. The van der Waals surface area contributed by atoms with Crippen molar-refractivity contribution in [2.24, 2.45) is 0 Å². The zero-order valence-electron chi connectivity index (χ0n) is 39.3. The number of likely N-dealkylation sites (N-methyl/N-ethyl adjacent to an activating group) is 1. The van der Waals surface area contributed by atoms with E-state index in [4.69, 9.17) is 18.5 Å². The number of carbonyl (C=O) groups excluding carboxylic acids is 1. The zero-order chi connectivity index (χ0) is 42.7. The molecular formula is C49H99NO7P+. The number of nitrogens with zero attached hydrogens (tertiary/aromatic N) is 1. The van der Waals surface area contributed by atoms with Crippen molar-refractivity contribution < 1.29 is 37.3 Å². The molecular weight excluding hydrogens is 746 g/mol. The number of allylic oxidation sites excluding steroid dienone is 2. The van der Waals surface area contributed by atoms with E-state index in [1.54, 1.807) is 0 Å². The van der Waals surface area contributed by atoms with Gasteiger partial charge in [0.1, 0.15) is 19.3 Å². The van der Waals surface area contributed by atoms with Crippen LogP contribution in [0.25, 0.3) is 0 Å². The van der Waals surface area contributed by atoms with E-state index in [2.05, 4.69) is 26.0 Å². The second kappa shape index (κ2) is 42.9. The van der Waals surface area contributed by atoms with E-state index in [-0.39, 0.29) is 25.8 Å². The van der Waals surface area contributed by atoms with Crippen LogP contribution in [0.5, 0.6) is 0 Å². The van der Waals surface area contributed by atoms with Crippen LogP contribution in [0, 0.1) is 0 Å². The summed E-state index contributed by atoms with van der Waals surface area (Å²) < 4.78 is 35.1. The number of rotatable bonds is 47. The molecule has 0 aliphatic rings. The first-order chi connectivity index (χ1) is 28.1. The topological polar surface area (TPSA) is 91.3 Å². The van der Waals surface area contributed by atoms with E-state index in [1.165, 1.54) is 186 Å². The summed E-state index contributed by atoms with van der Waals surface area (Å²) in [6, 6.07) is 0. The number of carbonyl (C=O) groups is 1. The molecule has 0 rings (SSSR count). The molecule has 58 heavy (non-hydrogen) atoms. The molecule has 2 unspecified atom stereocenters. The predicted octanol–water partition coefficient (Wildman–Crippen LogP) is 15.0. The Labute approximate surface area is 360 Å². The van der Waals surface area contributed by atoms with Gasteiger partial charge in [-0.05, 0) is 38.5 Å². The fraction of sp³-hybridized carbons (Fsp3) is 0.939. The Kier molecular flexibility index (Phi) is 42.3. The third kappa shape index (κ3) is 46.3. The van der Waals surface area contributed by atoms with Crippen molar-refractivity contribution in [1.82, 2.24) is 0 Å². The lowest BCUT2D eigenvalue weighted by Crippen LogP contribution is -2.37. The molecule has 0 radical (unpaired) electrons. The summed E-state index contributed by atoms with van der Waals surface area (Å²) in [6.07, 6.45) is 48.2. The Hall–Kier alpha value is -0.760. The highest BCUT2D eigenvalue weighted by molar-refractivity contribution is 7.47. The van der Waals surface area contributed by atoms with Crippen molar-refractivity contribution in [2.75, 3.05) is 54.1 Å². The van der Waals surface area contributed by atoms with Crippen LogP contribution in [-0.4, -0.2) is 75.6 Å². The summed E-state index contributed by atoms with van der Waals surface area (Å²) in [5.74, 6) is -0.310. The quantitative estimate of drug-likeness (QED) is 0.0214. The minimum Gasteiger partial charge on any atom is -0.457 e. The van der Waals surface area contributed by atoms with E-state index in [0.29, 0.717) is 24.1 Å². The summed E-state index contributed by atoms with van der Waals surface area (Å²) in [7, 11) is 1.68. The van der Waals surface area contributed by atoms with E-state index in [0.717, 1.165) is 32.1 Å². The first-order valence-electron chi connectivity index (χ1n) is 24.9. The van der Waals surface area contributed by atoms with Gasteiger partial charge in [-0.2, -0.15) is 0 Å². The molecule has 0 saturated carbocycles. The molecule has 9 heteroatoms. The van der Waals surface area contributed by atoms with Crippen LogP contribution in [0.15, 0.2) is 12.2 Å². The van der Waals surface area contributed by atoms with Crippen LogP contribution in [0.3, 0.4) is 0 Å². The third-order valence-electron chi connectivity index (χ3n) is 11.1. The van der Waals surface area contributed by atoms with Crippen LogP contribution in [0.4, 0.5) is 0 Å². The van der Waals surface area contributed by atoms with Crippen molar-refractivity contribution in [2.45, 2.75) is 245 Å². The van der Waals surface area contributed by atoms with Gasteiger partial charge < -0.3 is 18.9 Å². The van der Waals surface area contributed by atoms with Gasteiger partial charge in [-0.1, -0.05) is 206 Å². The summed E-state index contributed by atoms with van der Waals surface area (Å²) in [5.41, 5.74) is 0. The second-order valence-electron chi connectivity index (χ2n) is 18.2. The predicted molar refractivity (Wildman–Crippen MR) is 247 cm³/mol. The van der Waals surface area contributed by atoms with Gasteiger partial charge in [-0.25, -0.2) is 4.57 Å². The zero-order valence-corrected chi connectivity index (χ0v) is 40.2. The van der Waals surface area contributed by atoms with E-state index in [1.807, 2.05) is 21.1 Å². The summed E-state index contributed by atoms with van der Waals surface area (Å²) in [4.78, 5) is 23.0. The number of hydrogen-bond donors (Lipinski definition) is 1. The van der Waals surface area contributed by atoms with Gasteiger partial charge in [-0.15, -0.1) is 0 Å². The van der Waals surface area contributed by atoms with Crippen molar-refractivity contribution >= 4 is 13.8 Å². The minimum absolute atomic E-state index is 0.0909. The van der Waals surface area contributed by atoms with Crippen LogP contribution < -0.4 is 0 Å². The normalized spacial score (nSPS) is 13.7. The smallest absolute Gasteiger partial charge is 0.457 e. The Morgan fingerprint density at radius 1 is 0.517 bits per heavy atom. The number of unbranched alkanes of at least 4 members (excludes halogenated alkanes) is 31. The SMILES string of the molecule is CCCCCCC/C=C\CCCCCCCCOCC(COP(=O)(O)OCC[N+](C)(C)C)OC(=O)CCCCCCCCCCCCCCCCCCCCCCC. The third-order valence-corrected chi connectivity index (χ3v) is 12.1. The average Bonchev–Trinajstić information content (AvgIpc) is 3.18. The highest BCUT2D eigenvalue weighted by atomic mass is 31.2. The van der Waals surface area contributed by atoms with Gasteiger partial charge in [0, 0.05) is 13.0 Å². The number of hydrogen-bond acceptors (Lipinski definition) is 6. The van der Waals surface area contributed by atoms with Crippen molar-refractivity contribution in [3.05, 3.63) is 12.2 Å². The van der Waals surface area contributed by atoms with Crippen LogP contribution >= 0.6 is 7.82 Å². The van der Waals surface area contributed by atoms with Crippen molar-refractivity contribution in [1.29, 1.82) is 0 Å². The first kappa shape index (κ1) is 57.2. The van der Waals surface area contributed by atoms with Crippen molar-refractivity contribution in [3.63, 3.8) is 0 Å². The molecule has 0 fully saturated rings. The molecule has 0 aromatic carbocycles. The Morgan fingerprint density at radius 3 is 1.31 bits per heavy atom. The first-order valence-corrected chi connectivity index (χ1v) is 26.4. The molecule has 0 aromatic rings. The molecule has 8 nitrogen and oxygen atoms in total. The molecule has 2 atom stereocenters. The fourth-order valence-corrected chi connectivity index (χ4v) is 7.94. The summed E-state index contributed by atoms with van der Waals surface area (Å²) >= 11 is 0. The molecule has 1 N–H and O–H groups in total. The molecule has 346 valence electrons. The van der Waals surface area contributed by atoms with E-state index >= 15 is 0 Å². The number of phosphoric acid groups is 1. The lowest BCUT2D eigenvalue weighted by molar-refractivity contribution is -0.870. The Bertz CT molecular complexity index is 940. The summed E-state index contributed by atoms with van der Waals surface area (Å²) in [6.45, 7) is 5.65. The van der Waals surface area contributed by atoms with Crippen LogP contribution in [0.2, 0.25) is 0 Å². The summed E-state index contributed by atoms with van der Waals surface area (Å²) in [5, 5.41) is 0. The molecule has 0 aliphatic carbocycles. The number of esters is 1. The molecule has 0 saturated heterocycles. The van der Waals surface area contributed by atoms with Crippen LogP contribution in [0.1, 0.15) is 239 Å². The van der Waals surface area contributed by atoms with Gasteiger partial charge in [0.2, 0.25) is 0 Å². The van der Waals surface area contributed by atoms with E-state index in [9.17, 15) is 14.3 Å². The van der Waals surface area contributed by atoms with Crippen LogP contribution in [-0.2, 0) is 27.9 Å². The molecule has 0 aromatic heterocycles. The maximum Gasteiger partial charge on any atom is 0.472 e. The van der Waals surface area contributed by atoms with Gasteiger partial charge in [-0.3, -0.25) is 13.8 Å².